The van der Waals surface area contributed by atoms with Gasteiger partial charge in [-0.25, -0.2) is 8.42 Å². The molecule has 0 atom stereocenters. The summed E-state index contributed by atoms with van der Waals surface area (Å²) in [5, 5.41) is 0. The lowest BCUT2D eigenvalue weighted by Gasteiger charge is -2.22. The van der Waals surface area contributed by atoms with Crippen LogP contribution in [0.3, 0.4) is 0 Å². The van der Waals surface area contributed by atoms with E-state index in [1.54, 1.807) is 48.6 Å². The van der Waals surface area contributed by atoms with E-state index in [2.05, 4.69) is 67.5 Å². The van der Waals surface area contributed by atoms with Crippen molar-refractivity contribution in [2.45, 2.75) is 126 Å². The molecule has 0 heterocycles. The van der Waals surface area contributed by atoms with Crippen molar-refractivity contribution < 1.29 is 18.0 Å². The van der Waals surface area contributed by atoms with Crippen LogP contribution in [0.25, 0.3) is 12.2 Å². The van der Waals surface area contributed by atoms with Gasteiger partial charge in [0.25, 0.3) is 0 Å². The van der Waals surface area contributed by atoms with Crippen LogP contribution in [0.15, 0.2) is 94.7 Å². The zero-order chi connectivity index (χ0) is 38.7. The monoisotopic (exact) mass is 726 g/mol. The molecule has 2 aliphatic carbocycles. The minimum atomic E-state index is -3.84. The summed E-state index contributed by atoms with van der Waals surface area (Å²) in [6.07, 6.45) is 9.80. The average Bonchev–Trinajstić information content (AvgIpc) is 3.42. The molecule has 6 rings (SSSR count). The Morgan fingerprint density at radius 1 is 0.528 bits per heavy atom. The molecule has 276 valence electrons. The first-order valence-electron chi connectivity index (χ1n) is 19.0. The van der Waals surface area contributed by atoms with Crippen LogP contribution in [0.5, 0.6) is 0 Å². The summed E-state index contributed by atoms with van der Waals surface area (Å²) in [6, 6.07) is 22.7. The fraction of sp³-hybridized carbons (Fsp3) is 0.375. The Labute approximate surface area is 317 Å². The molecule has 0 aliphatic heterocycles. The van der Waals surface area contributed by atoms with Crippen molar-refractivity contribution in [3.63, 3.8) is 0 Å². The van der Waals surface area contributed by atoms with E-state index in [1.807, 2.05) is 50.2 Å². The zero-order valence-corrected chi connectivity index (χ0v) is 33.9. The van der Waals surface area contributed by atoms with Crippen LogP contribution in [0.1, 0.15) is 147 Å². The van der Waals surface area contributed by atoms with Gasteiger partial charge in [-0.2, -0.15) is 0 Å². The number of fused-ring (bicyclic) bond motifs is 2. The van der Waals surface area contributed by atoms with E-state index < -0.39 is 9.84 Å². The summed E-state index contributed by atoms with van der Waals surface area (Å²) < 4.78 is 28.3. The summed E-state index contributed by atoms with van der Waals surface area (Å²) in [6.45, 7) is 21.9. The Hall–Kier alpha value is -4.35. The molecule has 0 spiro atoms. The van der Waals surface area contributed by atoms with Gasteiger partial charge in [0.05, 0.1) is 9.79 Å². The maximum absolute atomic E-state index is 14.2. The predicted octanol–water partition coefficient (Wildman–Crippen LogP) is 11.4. The standard InChI is InChI=1S/C48H54O4S/c1-11-33-25-31(13-21-41(49)35-17-19-37-39(27-35)47(7,8)29-45(37,3)4)15-23-43(33)53(51,52)44-24-16-32(26-34(44)12-2)14-22-42(50)36-18-20-38-40(28-36)48(9,10)30-46(38,5)6/h13-28H,11-12,29-30H2,1-10H3. The smallest absolute Gasteiger partial charge is 0.207 e. The minimum Gasteiger partial charge on any atom is -0.289 e. The predicted molar refractivity (Wildman–Crippen MR) is 218 cm³/mol. The first-order chi connectivity index (χ1) is 24.7. The number of rotatable bonds is 10. The molecule has 0 N–H and O–H groups in total. The van der Waals surface area contributed by atoms with Gasteiger partial charge in [0.1, 0.15) is 0 Å². The molecular formula is C48H54O4S. The van der Waals surface area contributed by atoms with Crippen LogP contribution >= 0.6 is 0 Å². The molecule has 53 heavy (non-hydrogen) atoms. The van der Waals surface area contributed by atoms with Crippen LogP contribution in [-0.2, 0) is 44.3 Å². The molecule has 0 radical (unpaired) electrons. The van der Waals surface area contributed by atoms with Crippen molar-refractivity contribution in [3.8, 4) is 0 Å². The van der Waals surface area contributed by atoms with Gasteiger partial charge in [-0.15, -0.1) is 0 Å². The highest BCUT2D eigenvalue weighted by molar-refractivity contribution is 7.91. The van der Waals surface area contributed by atoms with Gasteiger partial charge in [0.15, 0.2) is 11.6 Å². The number of allylic oxidation sites excluding steroid dienone is 2. The van der Waals surface area contributed by atoms with Crippen molar-refractivity contribution in [3.05, 3.63) is 141 Å². The number of ketones is 2. The Balaban J connectivity index is 1.21. The molecule has 0 saturated heterocycles. The zero-order valence-electron chi connectivity index (χ0n) is 33.1. The van der Waals surface area contributed by atoms with Gasteiger partial charge in [-0.05, 0) is 128 Å². The molecule has 0 saturated carbocycles. The van der Waals surface area contributed by atoms with E-state index in [0.717, 1.165) is 24.0 Å². The molecule has 0 unspecified atom stereocenters. The minimum absolute atomic E-state index is 0.00209. The number of carbonyl (C=O) groups is 2. The Morgan fingerprint density at radius 3 is 1.25 bits per heavy atom. The SMILES string of the molecule is CCc1cc(C=CC(=O)c2ccc3c(c2)C(C)(C)CC3(C)C)ccc1S(=O)(=O)c1ccc(C=CC(=O)c2ccc3c(c2)C(C)(C)CC3(C)C)cc1CC. The van der Waals surface area contributed by atoms with Gasteiger partial charge < -0.3 is 0 Å². The highest BCUT2D eigenvalue weighted by Crippen LogP contribution is 2.50. The Bertz CT molecular complexity index is 2150. The van der Waals surface area contributed by atoms with Gasteiger partial charge in [0.2, 0.25) is 9.84 Å². The third-order valence-corrected chi connectivity index (χ3v) is 13.6. The van der Waals surface area contributed by atoms with E-state index >= 15 is 0 Å². The van der Waals surface area contributed by atoms with E-state index in [-0.39, 0.29) is 43.0 Å². The molecule has 4 aromatic carbocycles. The molecule has 5 heteroatoms. The Kier molecular flexibility index (Phi) is 9.77. The number of benzene rings is 4. The summed E-state index contributed by atoms with van der Waals surface area (Å²) in [4.78, 5) is 27.1. The van der Waals surface area contributed by atoms with Crippen molar-refractivity contribution in [2.24, 2.45) is 0 Å². The second-order valence-electron chi connectivity index (χ2n) is 17.7. The fourth-order valence-electron chi connectivity index (χ4n) is 9.42. The van der Waals surface area contributed by atoms with E-state index in [4.69, 9.17) is 0 Å². The number of hydrogen-bond donors (Lipinski definition) is 0. The number of aryl methyl sites for hydroxylation is 2. The summed E-state index contributed by atoms with van der Waals surface area (Å²) in [7, 11) is -3.84. The van der Waals surface area contributed by atoms with Crippen LogP contribution in [0.4, 0.5) is 0 Å². The topological polar surface area (TPSA) is 68.3 Å². The molecule has 4 aromatic rings. The second kappa shape index (κ2) is 13.5. The lowest BCUT2D eigenvalue weighted by molar-refractivity contribution is 0.103. The van der Waals surface area contributed by atoms with Gasteiger partial charge in [0, 0.05) is 11.1 Å². The normalized spacial score (nSPS) is 18.0. The maximum atomic E-state index is 14.2. The molecule has 2 aliphatic rings. The molecule has 0 bridgehead atoms. The van der Waals surface area contributed by atoms with Crippen LogP contribution in [0, 0.1) is 0 Å². The third-order valence-electron chi connectivity index (χ3n) is 11.7. The molecule has 0 aromatic heterocycles. The molecule has 0 amide bonds. The van der Waals surface area contributed by atoms with Gasteiger partial charge in [-0.1, -0.05) is 130 Å². The van der Waals surface area contributed by atoms with E-state index in [0.29, 0.717) is 35.1 Å². The van der Waals surface area contributed by atoms with Crippen LogP contribution in [-0.4, -0.2) is 20.0 Å². The quantitative estimate of drug-likeness (QED) is 0.121. The second-order valence-corrected chi connectivity index (χ2v) is 19.6. The maximum Gasteiger partial charge on any atom is 0.207 e. The Morgan fingerprint density at radius 2 is 0.887 bits per heavy atom. The third kappa shape index (κ3) is 7.17. The molecule has 4 nitrogen and oxygen atoms in total. The lowest BCUT2D eigenvalue weighted by Crippen LogP contribution is -2.18. The van der Waals surface area contributed by atoms with E-state index in [1.165, 1.54) is 22.3 Å². The first kappa shape index (κ1) is 38.4. The number of sulfone groups is 1. The van der Waals surface area contributed by atoms with Crippen LogP contribution in [0.2, 0.25) is 0 Å². The number of hydrogen-bond acceptors (Lipinski definition) is 4. The summed E-state index contributed by atoms with van der Waals surface area (Å²) >= 11 is 0. The lowest BCUT2D eigenvalue weighted by atomic mass is 9.82. The van der Waals surface area contributed by atoms with Crippen LogP contribution < -0.4 is 0 Å². The largest absolute Gasteiger partial charge is 0.289 e. The van der Waals surface area contributed by atoms with Crippen molar-refractivity contribution in [2.75, 3.05) is 0 Å². The van der Waals surface area contributed by atoms with E-state index in [9.17, 15) is 18.0 Å². The molecule has 0 fully saturated rings. The van der Waals surface area contributed by atoms with Gasteiger partial charge in [-0.3, -0.25) is 9.59 Å². The summed E-state index contributed by atoms with van der Waals surface area (Å²) in [5.41, 5.74) is 9.48. The highest BCUT2D eigenvalue weighted by Gasteiger charge is 2.43. The average molecular weight is 727 g/mol. The van der Waals surface area contributed by atoms with Crippen molar-refractivity contribution in [1.82, 2.24) is 0 Å². The fourth-order valence-corrected chi connectivity index (χ4v) is 11.3. The number of carbonyl (C=O) groups excluding carboxylic acids is 2. The van der Waals surface area contributed by atoms with Crippen molar-refractivity contribution >= 4 is 33.6 Å². The molecular weight excluding hydrogens is 673 g/mol. The van der Waals surface area contributed by atoms with Gasteiger partial charge >= 0.3 is 0 Å². The summed E-state index contributed by atoms with van der Waals surface area (Å²) in [5.74, 6) is -0.154. The first-order valence-corrected chi connectivity index (χ1v) is 20.4. The van der Waals surface area contributed by atoms with Crippen molar-refractivity contribution in [1.29, 1.82) is 0 Å². The highest BCUT2D eigenvalue weighted by atomic mass is 32.2.